The van der Waals surface area contributed by atoms with E-state index in [-0.39, 0.29) is 12.2 Å². The Hall–Kier alpha value is -0.341. The summed E-state index contributed by atoms with van der Waals surface area (Å²) in [4.78, 5) is 19.5. The number of Topliss-reactive ketones (excluding diaryl/α,β-unsaturated/α-hetero) is 1. The summed E-state index contributed by atoms with van der Waals surface area (Å²) in [5.74, 6) is -1.37. The van der Waals surface area contributed by atoms with Crippen molar-refractivity contribution in [3.05, 3.63) is 0 Å². The summed E-state index contributed by atoms with van der Waals surface area (Å²) < 4.78 is 0. The van der Waals surface area contributed by atoms with E-state index in [0.717, 1.165) is 5.32 Å². The molecule has 0 unspecified atom stereocenters. The van der Waals surface area contributed by atoms with E-state index in [9.17, 15) is 9.59 Å². The van der Waals surface area contributed by atoms with Crippen molar-refractivity contribution in [1.29, 1.82) is 0 Å². The molecule has 4 heteroatoms. The number of rotatable bonds is 2. The standard InChI is InChI=1S/C4H6O3.C2H5.Cu/c1-3(5)2-4(6)7;1-2;/h2H2,1H3,(H,6,7);1H2,2H3;. The number of carbonyl (C=O) groups is 2. The molecule has 10 heavy (non-hydrogen) atoms. The third-order valence-electron chi connectivity index (χ3n) is 0.400. The fourth-order valence-electron chi connectivity index (χ4n) is 0.213. The number of carboxylic acid groups (broad SMARTS) is 1. The van der Waals surface area contributed by atoms with Gasteiger partial charge in [0.15, 0.2) is 0 Å². The third-order valence-corrected chi connectivity index (χ3v) is 0.400. The molecule has 0 aliphatic heterocycles. The van der Waals surface area contributed by atoms with Crippen molar-refractivity contribution in [1.82, 2.24) is 0 Å². The Morgan fingerprint density at radius 2 is 1.80 bits per heavy atom. The molecule has 0 aromatic rings. The van der Waals surface area contributed by atoms with Crippen molar-refractivity contribution in [3.8, 4) is 0 Å². The minimum atomic E-state index is -1.06. The van der Waals surface area contributed by atoms with Crippen LogP contribution in [-0.4, -0.2) is 16.9 Å². The maximum absolute atomic E-state index is 9.87. The van der Waals surface area contributed by atoms with Gasteiger partial charge in [-0.05, 0) is 6.92 Å². The van der Waals surface area contributed by atoms with Gasteiger partial charge in [-0.3, -0.25) is 9.59 Å². The molecule has 0 heterocycles. The molecule has 0 rings (SSSR count). The molecular weight excluding hydrogens is 184 g/mol. The zero-order chi connectivity index (χ0) is 8.57. The van der Waals surface area contributed by atoms with Crippen molar-refractivity contribution >= 4 is 11.8 Å². The van der Waals surface area contributed by atoms with Crippen LogP contribution < -0.4 is 0 Å². The molecule has 0 amide bonds. The summed E-state index contributed by atoms with van der Waals surface area (Å²) in [6, 6.07) is 0. The summed E-state index contributed by atoms with van der Waals surface area (Å²) in [6.07, 6.45) is -0.361. The summed E-state index contributed by atoms with van der Waals surface area (Å²) in [6.45, 7) is 3.17. The van der Waals surface area contributed by atoms with Gasteiger partial charge in [-0.1, -0.05) is 0 Å². The van der Waals surface area contributed by atoms with Gasteiger partial charge in [0.25, 0.3) is 0 Å². The average Bonchev–Trinajstić information content (AvgIpc) is 1.62. The molecule has 0 aliphatic rings. The molecule has 0 saturated carbocycles. The fourth-order valence-corrected chi connectivity index (χ4v) is 0.213. The SMILES string of the molecule is CC(=O)CC(=O)O.C[CH2][Cu]. The first-order valence-electron chi connectivity index (χ1n) is 2.76. The van der Waals surface area contributed by atoms with Crippen molar-refractivity contribution in [2.75, 3.05) is 0 Å². The van der Waals surface area contributed by atoms with Crippen molar-refractivity contribution in [2.45, 2.75) is 25.6 Å². The van der Waals surface area contributed by atoms with Crippen LogP contribution in [0.25, 0.3) is 0 Å². The van der Waals surface area contributed by atoms with Crippen LogP contribution in [0.15, 0.2) is 0 Å². The molecule has 0 saturated heterocycles. The van der Waals surface area contributed by atoms with Crippen LogP contribution in [0.1, 0.15) is 20.3 Å². The van der Waals surface area contributed by atoms with Crippen LogP contribution >= 0.6 is 0 Å². The zero-order valence-corrected chi connectivity index (χ0v) is 6.92. The molecule has 0 aliphatic carbocycles. The number of hydrogen-bond donors (Lipinski definition) is 1. The van der Waals surface area contributed by atoms with Gasteiger partial charge in [-0.2, -0.15) is 0 Å². The fraction of sp³-hybridized carbons (Fsp3) is 0.667. The van der Waals surface area contributed by atoms with E-state index in [1.807, 2.05) is 6.92 Å². The average molecular weight is 195 g/mol. The second-order valence-electron chi connectivity index (χ2n) is 1.49. The quantitative estimate of drug-likeness (QED) is 0.528. The number of ketones is 1. The molecule has 0 aromatic carbocycles. The van der Waals surface area contributed by atoms with Gasteiger partial charge in [-0.15, -0.1) is 0 Å². The van der Waals surface area contributed by atoms with Gasteiger partial charge in [0, 0.05) is 0 Å². The minimum absolute atomic E-state index is 0.312. The molecule has 0 spiro atoms. The van der Waals surface area contributed by atoms with E-state index >= 15 is 0 Å². The van der Waals surface area contributed by atoms with Crippen LogP contribution in [0.2, 0.25) is 5.32 Å². The van der Waals surface area contributed by atoms with Crippen molar-refractivity contribution in [2.24, 2.45) is 0 Å². The van der Waals surface area contributed by atoms with Crippen LogP contribution in [0.4, 0.5) is 0 Å². The second-order valence-corrected chi connectivity index (χ2v) is 2.15. The predicted molar refractivity (Wildman–Crippen MR) is 33.4 cm³/mol. The maximum atomic E-state index is 9.87. The monoisotopic (exact) mass is 194 g/mol. The van der Waals surface area contributed by atoms with Gasteiger partial charge < -0.3 is 5.11 Å². The van der Waals surface area contributed by atoms with E-state index < -0.39 is 5.97 Å². The molecular formula is C6H11CuO3. The van der Waals surface area contributed by atoms with Gasteiger partial charge in [0.05, 0.1) is 0 Å². The Morgan fingerprint density at radius 3 is 1.80 bits per heavy atom. The number of carboxylic acids is 1. The zero-order valence-electron chi connectivity index (χ0n) is 5.98. The summed E-state index contributed by atoms with van der Waals surface area (Å²) in [5.41, 5.74) is 0. The van der Waals surface area contributed by atoms with Gasteiger partial charge in [-0.25, -0.2) is 0 Å². The van der Waals surface area contributed by atoms with Crippen molar-refractivity contribution < 1.29 is 30.7 Å². The first kappa shape index (κ1) is 12.3. The molecule has 1 N–H and O–H groups in total. The third kappa shape index (κ3) is 25.4. The number of hydrogen-bond acceptors (Lipinski definition) is 2. The van der Waals surface area contributed by atoms with Crippen LogP contribution in [0.3, 0.4) is 0 Å². The van der Waals surface area contributed by atoms with E-state index in [2.05, 4.69) is 16.0 Å². The van der Waals surface area contributed by atoms with Crippen LogP contribution in [0.5, 0.6) is 0 Å². The van der Waals surface area contributed by atoms with Crippen molar-refractivity contribution in [3.63, 3.8) is 0 Å². The van der Waals surface area contributed by atoms with Crippen LogP contribution in [-0.2, 0) is 25.6 Å². The van der Waals surface area contributed by atoms with Gasteiger partial charge in [0.1, 0.15) is 12.2 Å². The van der Waals surface area contributed by atoms with Crippen LogP contribution in [0, 0.1) is 0 Å². The van der Waals surface area contributed by atoms with E-state index in [4.69, 9.17) is 5.11 Å². The first-order valence-corrected chi connectivity index (χ1v) is 3.43. The first-order chi connectivity index (χ1) is 4.54. The summed E-state index contributed by atoms with van der Waals surface area (Å²) in [5, 5.41) is 8.68. The molecule has 0 aromatic heterocycles. The number of carbonyl (C=O) groups excluding carboxylic acids is 1. The normalized spacial score (nSPS) is 7.60. The van der Waals surface area contributed by atoms with Gasteiger partial charge in [0.2, 0.25) is 0 Å². The predicted octanol–water partition coefficient (Wildman–Crippen LogP) is 1.02. The number of aliphatic carboxylic acids is 1. The van der Waals surface area contributed by atoms with E-state index in [1.165, 1.54) is 6.92 Å². The molecule has 0 fully saturated rings. The molecule has 0 atom stereocenters. The molecule has 0 radical (unpaired) electrons. The molecule has 64 valence electrons. The Morgan fingerprint density at radius 1 is 1.50 bits per heavy atom. The molecule has 0 bridgehead atoms. The van der Waals surface area contributed by atoms with E-state index in [0.29, 0.717) is 0 Å². The Labute approximate surface area is 68.6 Å². The van der Waals surface area contributed by atoms with E-state index in [1.54, 1.807) is 0 Å². The molecule has 3 nitrogen and oxygen atoms in total. The summed E-state index contributed by atoms with van der Waals surface area (Å²) >= 11 is 4.51. The second kappa shape index (κ2) is 8.66. The summed E-state index contributed by atoms with van der Waals surface area (Å²) in [7, 11) is 0. The Bertz CT molecular complexity index is 99.6. The Balaban J connectivity index is 0. The van der Waals surface area contributed by atoms with Gasteiger partial charge >= 0.3 is 34.2 Å². The Kier molecular flexibility index (Phi) is 10.7. The topological polar surface area (TPSA) is 54.4 Å².